The molecule has 3 N–H and O–H groups in total. The Morgan fingerprint density at radius 3 is 2.81 bits per heavy atom. The third-order valence-electron chi connectivity index (χ3n) is 4.45. The predicted octanol–water partition coefficient (Wildman–Crippen LogP) is 3.57. The second-order valence-electron chi connectivity index (χ2n) is 6.34. The number of rotatable bonds is 10. The molecule has 1 aromatic rings. The SMILES string of the molecule is C=CCOc1ccccc1CN=C(NCC)NCC1(O)CCC1SCC.I. The number of nitrogens with zero attached hydrogens (tertiary/aromatic N) is 1. The molecule has 0 spiro atoms. The molecule has 2 unspecified atom stereocenters. The molecule has 0 amide bonds. The van der Waals surface area contributed by atoms with E-state index in [0.717, 1.165) is 36.5 Å². The summed E-state index contributed by atoms with van der Waals surface area (Å²) in [6.45, 7) is 10.1. The first-order valence-electron chi connectivity index (χ1n) is 9.30. The third-order valence-corrected chi connectivity index (χ3v) is 5.86. The number of ether oxygens (including phenoxy) is 1. The zero-order valence-corrected chi connectivity index (χ0v) is 19.4. The van der Waals surface area contributed by atoms with Gasteiger partial charge in [-0.2, -0.15) is 11.8 Å². The van der Waals surface area contributed by atoms with Gasteiger partial charge in [0.25, 0.3) is 0 Å². The van der Waals surface area contributed by atoms with E-state index in [9.17, 15) is 5.11 Å². The van der Waals surface area contributed by atoms with Crippen molar-refractivity contribution < 1.29 is 9.84 Å². The lowest BCUT2D eigenvalue weighted by Gasteiger charge is -2.45. The predicted molar refractivity (Wildman–Crippen MR) is 126 cm³/mol. The lowest BCUT2D eigenvalue weighted by Crippen LogP contribution is -2.58. The minimum Gasteiger partial charge on any atom is -0.489 e. The summed E-state index contributed by atoms with van der Waals surface area (Å²) >= 11 is 1.83. The second kappa shape index (κ2) is 12.5. The van der Waals surface area contributed by atoms with Gasteiger partial charge >= 0.3 is 0 Å². The van der Waals surface area contributed by atoms with Gasteiger partial charge in [-0.1, -0.05) is 37.8 Å². The van der Waals surface area contributed by atoms with Crippen molar-refractivity contribution in [1.82, 2.24) is 10.6 Å². The molecule has 2 rings (SSSR count). The van der Waals surface area contributed by atoms with Gasteiger partial charge in [-0.25, -0.2) is 4.99 Å². The Labute approximate surface area is 184 Å². The Kier molecular flexibility index (Phi) is 11.2. The largest absolute Gasteiger partial charge is 0.489 e. The summed E-state index contributed by atoms with van der Waals surface area (Å²) in [4.78, 5) is 4.66. The summed E-state index contributed by atoms with van der Waals surface area (Å²) in [5.41, 5.74) is 0.385. The number of aliphatic hydroxyl groups is 1. The molecule has 1 aliphatic rings. The first-order valence-corrected chi connectivity index (χ1v) is 10.4. The van der Waals surface area contributed by atoms with Gasteiger partial charge in [0.15, 0.2) is 5.96 Å². The van der Waals surface area contributed by atoms with Crippen molar-refractivity contribution in [3.63, 3.8) is 0 Å². The number of thioether (sulfide) groups is 1. The topological polar surface area (TPSA) is 65.9 Å². The Morgan fingerprint density at radius 2 is 2.19 bits per heavy atom. The molecular weight excluding hydrogens is 473 g/mol. The molecule has 0 radical (unpaired) electrons. The van der Waals surface area contributed by atoms with E-state index < -0.39 is 5.60 Å². The smallest absolute Gasteiger partial charge is 0.191 e. The zero-order valence-electron chi connectivity index (χ0n) is 16.2. The molecule has 27 heavy (non-hydrogen) atoms. The van der Waals surface area contributed by atoms with Crippen LogP contribution in [0.5, 0.6) is 5.75 Å². The fourth-order valence-electron chi connectivity index (χ4n) is 2.90. The molecule has 0 saturated heterocycles. The molecule has 0 aliphatic heterocycles. The molecule has 5 nitrogen and oxygen atoms in total. The third kappa shape index (κ3) is 7.19. The maximum Gasteiger partial charge on any atom is 0.191 e. The maximum atomic E-state index is 10.7. The highest BCUT2D eigenvalue weighted by atomic mass is 127. The van der Waals surface area contributed by atoms with Crippen molar-refractivity contribution in [3.05, 3.63) is 42.5 Å². The Balaban J connectivity index is 0.00000364. The summed E-state index contributed by atoms with van der Waals surface area (Å²) in [5, 5.41) is 17.6. The van der Waals surface area contributed by atoms with Crippen molar-refractivity contribution in [2.75, 3.05) is 25.4 Å². The summed E-state index contributed by atoms with van der Waals surface area (Å²) < 4.78 is 5.69. The van der Waals surface area contributed by atoms with Crippen molar-refractivity contribution >= 4 is 41.7 Å². The number of nitrogens with one attached hydrogen (secondary N) is 2. The fraction of sp³-hybridized carbons (Fsp3) is 0.550. The van der Waals surface area contributed by atoms with Crippen LogP contribution in [-0.2, 0) is 6.54 Å². The van der Waals surface area contributed by atoms with Gasteiger partial charge < -0.3 is 20.5 Å². The average Bonchev–Trinajstić information content (AvgIpc) is 2.66. The van der Waals surface area contributed by atoms with Crippen LogP contribution in [0, 0.1) is 0 Å². The number of benzene rings is 1. The van der Waals surface area contributed by atoms with E-state index in [1.807, 2.05) is 43.0 Å². The van der Waals surface area contributed by atoms with Crippen molar-refractivity contribution in [1.29, 1.82) is 0 Å². The molecule has 0 bridgehead atoms. The van der Waals surface area contributed by atoms with Gasteiger partial charge in [0, 0.05) is 23.9 Å². The monoisotopic (exact) mass is 505 g/mol. The molecule has 1 fully saturated rings. The molecule has 1 aliphatic carbocycles. The van der Waals surface area contributed by atoms with Crippen LogP contribution in [0.15, 0.2) is 41.9 Å². The van der Waals surface area contributed by atoms with Crippen molar-refractivity contribution in [2.24, 2.45) is 4.99 Å². The quantitative estimate of drug-likeness (QED) is 0.197. The van der Waals surface area contributed by atoms with Gasteiger partial charge in [-0.3, -0.25) is 0 Å². The average molecular weight is 505 g/mol. The van der Waals surface area contributed by atoms with E-state index in [-0.39, 0.29) is 24.0 Å². The highest BCUT2D eigenvalue weighted by molar-refractivity contribution is 14.0. The van der Waals surface area contributed by atoms with Crippen LogP contribution in [0.1, 0.15) is 32.3 Å². The Morgan fingerprint density at radius 1 is 1.41 bits per heavy atom. The number of para-hydroxylation sites is 1. The summed E-state index contributed by atoms with van der Waals surface area (Å²) in [7, 11) is 0. The first kappa shape index (κ1) is 24.1. The van der Waals surface area contributed by atoms with Crippen molar-refractivity contribution in [2.45, 2.75) is 44.1 Å². The first-order chi connectivity index (χ1) is 12.6. The fourth-order valence-corrected chi connectivity index (χ4v) is 4.10. The van der Waals surface area contributed by atoms with E-state index in [1.54, 1.807) is 6.08 Å². The van der Waals surface area contributed by atoms with Crippen LogP contribution >= 0.6 is 35.7 Å². The molecule has 1 saturated carbocycles. The van der Waals surface area contributed by atoms with E-state index in [0.29, 0.717) is 30.9 Å². The molecule has 2 atom stereocenters. The number of hydrogen-bond acceptors (Lipinski definition) is 4. The molecule has 1 aromatic carbocycles. The van der Waals surface area contributed by atoms with E-state index >= 15 is 0 Å². The van der Waals surface area contributed by atoms with Crippen LogP contribution in [0.25, 0.3) is 0 Å². The van der Waals surface area contributed by atoms with Crippen LogP contribution in [-0.4, -0.2) is 47.4 Å². The van der Waals surface area contributed by atoms with Crippen LogP contribution in [0.2, 0.25) is 0 Å². The number of hydrogen-bond donors (Lipinski definition) is 3. The van der Waals surface area contributed by atoms with Crippen molar-refractivity contribution in [3.8, 4) is 5.75 Å². The molecule has 0 aromatic heterocycles. The highest BCUT2D eigenvalue weighted by Gasteiger charge is 2.45. The van der Waals surface area contributed by atoms with Gasteiger partial charge in [0.1, 0.15) is 12.4 Å². The molecule has 7 heteroatoms. The molecule has 0 heterocycles. The minimum atomic E-state index is -0.637. The summed E-state index contributed by atoms with van der Waals surface area (Å²) in [6, 6.07) is 7.89. The zero-order chi connectivity index (χ0) is 18.8. The highest BCUT2D eigenvalue weighted by Crippen LogP contribution is 2.40. The normalized spacial score (nSPS) is 21.6. The van der Waals surface area contributed by atoms with Gasteiger partial charge in [0.2, 0.25) is 0 Å². The standard InChI is InChI=1S/C20H31N3O2S.HI/c1-4-13-25-17-10-8-7-9-16(17)14-22-19(21-5-2)23-15-20(24)12-11-18(20)26-6-3;/h4,7-10,18,24H,1,5-6,11-15H2,2-3H3,(H2,21,22,23);1H. The molecule has 152 valence electrons. The number of aliphatic imine (C=N–C) groups is 1. The van der Waals surface area contributed by atoms with Gasteiger partial charge in [0.05, 0.1) is 12.1 Å². The lowest BCUT2D eigenvalue weighted by atomic mass is 9.79. The second-order valence-corrected chi connectivity index (χ2v) is 7.82. The molecular formula is C20H32IN3O2S. The maximum absolute atomic E-state index is 10.7. The lowest BCUT2D eigenvalue weighted by molar-refractivity contribution is -0.0198. The van der Waals surface area contributed by atoms with E-state index in [4.69, 9.17) is 4.74 Å². The van der Waals surface area contributed by atoms with E-state index in [2.05, 4.69) is 29.1 Å². The van der Waals surface area contributed by atoms with Crippen LogP contribution in [0.3, 0.4) is 0 Å². The summed E-state index contributed by atoms with van der Waals surface area (Å²) in [5.74, 6) is 2.57. The Hall–Kier alpha value is -0.930. The van der Waals surface area contributed by atoms with Gasteiger partial charge in [-0.15, -0.1) is 24.0 Å². The minimum absolute atomic E-state index is 0. The van der Waals surface area contributed by atoms with Crippen LogP contribution < -0.4 is 15.4 Å². The number of guanidine groups is 1. The van der Waals surface area contributed by atoms with Gasteiger partial charge in [-0.05, 0) is 31.6 Å². The van der Waals surface area contributed by atoms with E-state index in [1.165, 1.54) is 0 Å². The number of halogens is 1. The van der Waals surface area contributed by atoms with Crippen LogP contribution in [0.4, 0.5) is 0 Å². The summed E-state index contributed by atoms with van der Waals surface area (Å²) in [6.07, 6.45) is 3.66. The Bertz CT molecular complexity index is 615.